The van der Waals surface area contributed by atoms with Crippen molar-refractivity contribution in [2.45, 2.75) is 18.4 Å². The number of ketones is 1. The van der Waals surface area contributed by atoms with Crippen LogP contribution in [-0.2, 0) is 12.0 Å². The number of rotatable bonds is 7. The normalized spacial score (nSPS) is 19.4. The van der Waals surface area contributed by atoms with Crippen molar-refractivity contribution in [1.82, 2.24) is 15.0 Å². The van der Waals surface area contributed by atoms with E-state index in [1.807, 2.05) is 0 Å². The zero-order chi connectivity index (χ0) is 19.3. The number of amidine groups is 1. The quantitative estimate of drug-likeness (QED) is 0.720. The number of halogens is 2. The number of nitrogens with two attached hydrogens (primary N) is 1. The van der Waals surface area contributed by atoms with Crippen LogP contribution in [0.5, 0.6) is 5.88 Å². The van der Waals surface area contributed by atoms with E-state index < -0.39 is 19.1 Å². The molecule has 1 atom stereocenters. The maximum absolute atomic E-state index is 13.8. The van der Waals surface area contributed by atoms with Gasteiger partial charge in [-0.15, -0.1) is 0 Å². The molecule has 3 rings (SSSR count). The van der Waals surface area contributed by atoms with E-state index in [0.29, 0.717) is 28.6 Å². The second-order valence-corrected chi connectivity index (χ2v) is 6.97. The molecule has 0 fully saturated rings. The maximum atomic E-state index is 13.8. The van der Waals surface area contributed by atoms with E-state index in [0.717, 1.165) is 0 Å². The van der Waals surface area contributed by atoms with Crippen molar-refractivity contribution in [2.24, 2.45) is 10.7 Å². The summed E-state index contributed by atoms with van der Waals surface area (Å²) in [5.41, 5.74) is 5.87. The number of nitrogens with zero attached hydrogens (tertiary/aromatic N) is 4. The molecule has 2 aromatic rings. The van der Waals surface area contributed by atoms with Gasteiger partial charge in [0.2, 0.25) is 12.7 Å². The number of carbonyl (C=O) groups excluding carboxylic acids is 1. The van der Waals surface area contributed by atoms with Gasteiger partial charge in [0.1, 0.15) is 17.9 Å². The molecule has 0 bridgehead atoms. The number of hydrogen-bond acceptors (Lipinski definition) is 8. The van der Waals surface area contributed by atoms with Crippen LogP contribution in [0, 0.1) is 0 Å². The number of aliphatic imine (C=N–C) groups is 1. The molecule has 3 heterocycles. The summed E-state index contributed by atoms with van der Waals surface area (Å²) in [6.45, 7) is -1.75. The van der Waals surface area contributed by atoms with Gasteiger partial charge in [-0.25, -0.2) is 23.7 Å². The van der Waals surface area contributed by atoms with E-state index >= 15 is 0 Å². The summed E-state index contributed by atoms with van der Waals surface area (Å²) in [6, 6.07) is 3.34. The van der Waals surface area contributed by atoms with E-state index in [1.54, 1.807) is 12.1 Å². The Bertz CT molecular complexity index is 849. The third kappa shape index (κ3) is 4.38. The van der Waals surface area contributed by atoms with Crippen molar-refractivity contribution in [3.63, 3.8) is 0 Å². The van der Waals surface area contributed by atoms with Gasteiger partial charge in [-0.05, 0) is 24.1 Å². The second-order valence-electron chi connectivity index (χ2n) is 5.86. The molecule has 1 aliphatic heterocycles. The van der Waals surface area contributed by atoms with Crippen molar-refractivity contribution in [2.75, 3.05) is 19.3 Å². The molecule has 0 saturated carbocycles. The van der Waals surface area contributed by atoms with Gasteiger partial charge in [0.15, 0.2) is 11.0 Å². The molecule has 0 aromatic carbocycles. The van der Waals surface area contributed by atoms with Crippen LogP contribution < -0.4 is 10.5 Å². The standard InChI is InChI=1S/C17H17F2N5O2S/c18-9-17(2-4-27-16(20)24-17)14-6-11(1-3-21-14)5-13(25)12-7-23-15(8-22-12)26-10-19/h1,3,6-8H,2,4-5,9-10H2,(H2,20,24)/t17-/m1/s1. The molecule has 0 spiro atoms. The third-order valence-corrected chi connectivity index (χ3v) is 4.89. The van der Waals surface area contributed by atoms with Crippen LogP contribution >= 0.6 is 11.8 Å². The van der Waals surface area contributed by atoms with E-state index in [2.05, 4.69) is 24.7 Å². The Balaban J connectivity index is 1.79. The lowest BCUT2D eigenvalue weighted by molar-refractivity contribution is 0.0987. The monoisotopic (exact) mass is 393 g/mol. The first-order valence-electron chi connectivity index (χ1n) is 8.10. The summed E-state index contributed by atoms with van der Waals surface area (Å²) >= 11 is 1.38. The molecule has 0 radical (unpaired) electrons. The number of pyridine rings is 1. The summed E-state index contributed by atoms with van der Waals surface area (Å²) in [6.07, 6.45) is 4.43. The molecule has 0 unspecified atom stereocenters. The van der Waals surface area contributed by atoms with Crippen LogP contribution in [0.15, 0.2) is 35.7 Å². The Labute approximate surface area is 158 Å². The number of thioether (sulfide) groups is 1. The van der Waals surface area contributed by atoms with Gasteiger partial charge in [-0.1, -0.05) is 11.8 Å². The number of Topliss-reactive ketones (excluding diaryl/α,β-unsaturated/α-hetero) is 1. The fraction of sp³-hybridized carbons (Fsp3) is 0.353. The van der Waals surface area contributed by atoms with E-state index in [4.69, 9.17) is 5.73 Å². The summed E-state index contributed by atoms with van der Waals surface area (Å²) in [4.78, 5) is 28.7. The molecule has 7 nitrogen and oxygen atoms in total. The minimum absolute atomic E-state index is 0.00393. The predicted octanol–water partition coefficient (Wildman–Crippen LogP) is 2.22. The highest BCUT2D eigenvalue weighted by atomic mass is 32.2. The van der Waals surface area contributed by atoms with Gasteiger partial charge in [0.25, 0.3) is 0 Å². The summed E-state index contributed by atoms with van der Waals surface area (Å²) in [5.74, 6) is 0.353. The summed E-state index contributed by atoms with van der Waals surface area (Å²) in [7, 11) is 0. The van der Waals surface area contributed by atoms with Gasteiger partial charge in [-0.2, -0.15) is 0 Å². The molecule has 0 aliphatic carbocycles. The Hall–Kier alpha value is -2.62. The predicted molar refractivity (Wildman–Crippen MR) is 97.3 cm³/mol. The molecule has 0 saturated heterocycles. The van der Waals surface area contributed by atoms with Crippen molar-refractivity contribution in [3.8, 4) is 5.88 Å². The van der Waals surface area contributed by atoms with Gasteiger partial charge in [-0.3, -0.25) is 9.78 Å². The summed E-state index contributed by atoms with van der Waals surface area (Å²) in [5, 5.41) is 0.327. The van der Waals surface area contributed by atoms with Crippen molar-refractivity contribution >= 4 is 22.7 Å². The highest BCUT2D eigenvalue weighted by Crippen LogP contribution is 2.35. The fourth-order valence-corrected chi connectivity index (χ4v) is 3.57. The molecule has 2 N–H and O–H groups in total. The molecule has 0 amide bonds. The van der Waals surface area contributed by atoms with Crippen LogP contribution in [0.3, 0.4) is 0 Å². The third-order valence-electron chi connectivity index (χ3n) is 4.09. The van der Waals surface area contributed by atoms with Gasteiger partial charge in [0, 0.05) is 18.4 Å². The van der Waals surface area contributed by atoms with Crippen LogP contribution in [0.4, 0.5) is 8.78 Å². The molecular weight excluding hydrogens is 376 g/mol. The molecule has 10 heteroatoms. The van der Waals surface area contributed by atoms with E-state index in [-0.39, 0.29) is 23.8 Å². The largest absolute Gasteiger partial charge is 0.445 e. The highest BCUT2D eigenvalue weighted by Gasteiger charge is 2.36. The molecule has 27 heavy (non-hydrogen) atoms. The van der Waals surface area contributed by atoms with Crippen molar-refractivity contribution in [3.05, 3.63) is 47.7 Å². The Kier molecular flexibility index (Phi) is 5.94. The smallest absolute Gasteiger partial charge is 0.234 e. The molecule has 1 aliphatic rings. The number of ether oxygens (including phenoxy) is 1. The zero-order valence-corrected chi connectivity index (χ0v) is 15.1. The van der Waals surface area contributed by atoms with Crippen molar-refractivity contribution < 1.29 is 18.3 Å². The lowest BCUT2D eigenvalue weighted by Gasteiger charge is -2.30. The maximum Gasteiger partial charge on any atom is 0.234 e. The summed E-state index contributed by atoms with van der Waals surface area (Å²) < 4.78 is 30.5. The van der Waals surface area contributed by atoms with Crippen LogP contribution in [0.2, 0.25) is 0 Å². The number of alkyl halides is 2. The second kappa shape index (κ2) is 8.38. The molecule has 2 aromatic heterocycles. The van der Waals surface area contributed by atoms with Crippen molar-refractivity contribution in [1.29, 1.82) is 0 Å². The number of hydrogen-bond donors (Lipinski definition) is 1. The average Bonchev–Trinajstić information content (AvgIpc) is 2.69. The fourth-order valence-electron chi connectivity index (χ4n) is 2.68. The first-order chi connectivity index (χ1) is 13.1. The first kappa shape index (κ1) is 19.2. The lowest BCUT2D eigenvalue weighted by Crippen LogP contribution is -2.34. The van der Waals surface area contributed by atoms with Gasteiger partial charge < -0.3 is 10.5 Å². The topological polar surface area (TPSA) is 103 Å². The highest BCUT2D eigenvalue weighted by molar-refractivity contribution is 8.13. The van der Waals surface area contributed by atoms with E-state index in [1.165, 1.54) is 30.4 Å². The number of carbonyl (C=O) groups is 1. The molecular formula is C17H17F2N5O2S. The van der Waals surface area contributed by atoms with Gasteiger partial charge in [0.05, 0.1) is 18.1 Å². The Morgan fingerprint density at radius 1 is 1.30 bits per heavy atom. The van der Waals surface area contributed by atoms with Gasteiger partial charge >= 0.3 is 0 Å². The SMILES string of the molecule is NC1=N[C@](CF)(c2cc(CC(=O)c3cnc(OCF)cn3)ccn2)CCS1. The molecule has 142 valence electrons. The zero-order valence-electron chi connectivity index (χ0n) is 14.3. The van der Waals surface area contributed by atoms with Crippen LogP contribution in [0.25, 0.3) is 0 Å². The minimum Gasteiger partial charge on any atom is -0.445 e. The Morgan fingerprint density at radius 3 is 2.81 bits per heavy atom. The average molecular weight is 393 g/mol. The van der Waals surface area contributed by atoms with Crippen LogP contribution in [-0.4, -0.2) is 45.2 Å². The Morgan fingerprint density at radius 2 is 2.15 bits per heavy atom. The minimum atomic E-state index is -1.11. The lowest BCUT2D eigenvalue weighted by atomic mass is 9.92. The van der Waals surface area contributed by atoms with Crippen LogP contribution in [0.1, 0.15) is 28.2 Å². The first-order valence-corrected chi connectivity index (χ1v) is 9.08. The van der Waals surface area contributed by atoms with E-state index in [9.17, 15) is 13.6 Å². The number of aromatic nitrogens is 3.